The Morgan fingerprint density at radius 1 is 1.12 bits per heavy atom. The highest BCUT2D eigenvalue weighted by Crippen LogP contribution is 2.44. The highest BCUT2D eigenvalue weighted by atomic mass is 32.2. The van der Waals surface area contributed by atoms with E-state index < -0.39 is 0 Å². The number of thiocarbonyl (C=S) groups is 1. The molecule has 0 aliphatic carbocycles. The van der Waals surface area contributed by atoms with Crippen molar-refractivity contribution in [1.29, 1.82) is 0 Å². The van der Waals surface area contributed by atoms with Gasteiger partial charge in [-0.2, -0.15) is 0 Å². The van der Waals surface area contributed by atoms with Crippen molar-refractivity contribution in [3.63, 3.8) is 0 Å². The Balaban J connectivity index is 2.02. The Kier molecular flexibility index (Phi) is 4.78. The lowest BCUT2D eigenvalue weighted by Crippen LogP contribution is -2.30. The number of likely N-dealkylation sites (N-methyl/N-ethyl adjacent to an activating group) is 1. The Morgan fingerprint density at radius 2 is 1.83 bits per heavy atom. The largest absolute Gasteiger partial charge is 0.308 e. The molecule has 1 aromatic rings. The van der Waals surface area contributed by atoms with E-state index in [1.165, 1.54) is 11.8 Å². The van der Waals surface area contributed by atoms with Crippen LogP contribution in [-0.4, -0.2) is 34.1 Å². The smallest absolute Gasteiger partial charge is 0.267 e. The molecule has 0 radical (unpaired) electrons. The summed E-state index contributed by atoms with van der Waals surface area (Å²) in [6.07, 6.45) is 0.890. The maximum Gasteiger partial charge on any atom is 0.267 e. The molecule has 2 aliphatic rings. The van der Waals surface area contributed by atoms with E-state index in [1.807, 2.05) is 31.2 Å². The van der Waals surface area contributed by atoms with Crippen LogP contribution in [0.3, 0.4) is 0 Å². The minimum Gasteiger partial charge on any atom is -0.308 e. The van der Waals surface area contributed by atoms with Crippen molar-refractivity contribution in [1.82, 2.24) is 4.90 Å². The average Bonchev–Trinajstić information content (AvgIpc) is 2.98. The molecule has 24 heavy (non-hydrogen) atoms. The first-order chi connectivity index (χ1) is 11.5. The van der Waals surface area contributed by atoms with Crippen LogP contribution >= 0.6 is 24.0 Å². The van der Waals surface area contributed by atoms with Crippen molar-refractivity contribution in [2.45, 2.75) is 27.2 Å². The number of hydrogen-bond donors (Lipinski definition) is 0. The minimum absolute atomic E-state index is 0.108. The van der Waals surface area contributed by atoms with Crippen molar-refractivity contribution in [2.24, 2.45) is 5.92 Å². The van der Waals surface area contributed by atoms with Crippen molar-refractivity contribution < 1.29 is 9.59 Å². The zero-order valence-corrected chi connectivity index (χ0v) is 15.7. The second-order valence-electron chi connectivity index (χ2n) is 6.28. The van der Waals surface area contributed by atoms with Crippen LogP contribution in [-0.2, 0) is 9.59 Å². The van der Waals surface area contributed by atoms with Crippen LogP contribution in [0.25, 0.3) is 5.57 Å². The lowest BCUT2D eigenvalue weighted by molar-refractivity contribution is -0.122. The standard InChI is InChI=1S/C18H20N2O2S2/c1-4-19-13-8-6-5-7-12(13)14(16(19)21)15-17(22)20(18(23)24-15)10-9-11(2)3/h5-8,11H,4,9-10H2,1-3H3. The molecule has 0 spiro atoms. The first-order valence-corrected chi connectivity index (χ1v) is 9.37. The Labute approximate surface area is 151 Å². The van der Waals surface area contributed by atoms with E-state index in [0.29, 0.717) is 33.8 Å². The summed E-state index contributed by atoms with van der Waals surface area (Å²) in [7, 11) is 0. The summed E-state index contributed by atoms with van der Waals surface area (Å²) in [6, 6.07) is 7.62. The summed E-state index contributed by atoms with van der Waals surface area (Å²) >= 11 is 6.64. The maximum absolute atomic E-state index is 12.9. The molecule has 4 nitrogen and oxygen atoms in total. The first kappa shape index (κ1) is 17.2. The molecular weight excluding hydrogens is 340 g/mol. The number of rotatable bonds is 4. The van der Waals surface area contributed by atoms with Gasteiger partial charge in [-0.25, -0.2) is 0 Å². The van der Waals surface area contributed by atoms with E-state index in [0.717, 1.165) is 17.7 Å². The third kappa shape index (κ3) is 2.78. The zero-order valence-electron chi connectivity index (χ0n) is 14.0. The lowest BCUT2D eigenvalue weighted by atomic mass is 10.1. The van der Waals surface area contributed by atoms with Gasteiger partial charge in [-0.1, -0.05) is 56.0 Å². The molecule has 0 atom stereocenters. The van der Waals surface area contributed by atoms with Crippen LogP contribution in [0.2, 0.25) is 0 Å². The number of fused-ring (bicyclic) bond motifs is 1. The van der Waals surface area contributed by atoms with E-state index in [2.05, 4.69) is 13.8 Å². The van der Waals surface area contributed by atoms with Crippen LogP contribution in [0.15, 0.2) is 29.2 Å². The molecule has 0 bridgehead atoms. The summed E-state index contributed by atoms with van der Waals surface area (Å²) in [6.45, 7) is 7.35. The van der Waals surface area contributed by atoms with Gasteiger partial charge in [-0.15, -0.1) is 0 Å². The van der Waals surface area contributed by atoms with Gasteiger partial charge in [0.05, 0.1) is 16.2 Å². The van der Waals surface area contributed by atoms with Gasteiger partial charge in [0.1, 0.15) is 4.32 Å². The Morgan fingerprint density at radius 3 is 2.50 bits per heavy atom. The lowest BCUT2D eigenvalue weighted by Gasteiger charge is -2.15. The number of para-hydroxylation sites is 1. The van der Waals surface area contributed by atoms with E-state index in [4.69, 9.17) is 12.2 Å². The fourth-order valence-electron chi connectivity index (χ4n) is 2.94. The monoisotopic (exact) mass is 360 g/mol. The second kappa shape index (κ2) is 6.69. The number of carbonyl (C=O) groups is 2. The summed E-state index contributed by atoms with van der Waals surface area (Å²) < 4.78 is 0.545. The number of hydrogen-bond acceptors (Lipinski definition) is 4. The van der Waals surface area contributed by atoms with Gasteiger partial charge in [-0.3, -0.25) is 14.5 Å². The van der Waals surface area contributed by atoms with Crippen molar-refractivity contribution in [3.05, 3.63) is 34.7 Å². The summed E-state index contributed by atoms with van der Waals surface area (Å²) in [5, 5.41) is 0. The van der Waals surface area contributed by atoms with Gasteiger partial charge < -0.3 is 4.90 Å². The third-order valence-corrected chi connectivity index (χ3v) is 5.69. The van der Waals surface area contributed by atoms with Crippen LogP contribution in [0.5, 0.6) is 0 Å². The van der Waals surface area contributed by atoms with Gasteiger partial charge in [-0.05, 0) is 25.3 Å². The number of carbonyl (C=O) groups excluding carboxylic acids is 2. The molecule has 3 rings (SSSR count). The molecule has 0 saturated carbocycles. The molecule has 1 fully saturated rings. The third-order valence-electron chi connectivity index (χ3n) is 4.25. The summed E-state index contributed by atoms with van der Waals surface area (Å²) in [5.74, 6) is 0.247. The van der Waals surface area contributed by atoms with Gasteiger partial charge in [0.2, 0.25) is 0 Å². The first-order valence-electron chi connectivity index (χ1n) is 8.14. The molecule has 6 heteroatoms. The summed E-state index contributed by atoms with van der Waals surface area (Å²) in [5.41, 5.74) is 2.19. The zero-order chi connectivity index (χ0) is 17.4. The van der Waals surface area contributed by atoms with E-state index in [9.17, 15) is 9.59 Å². The van der Waals surface area contributed by atoms with Crippen LogP contribution in [0, 0.1) is 5.92 Å². The number of thioether (sulfide) groups is 1. The molecule has 1 saturated heterocycles. The molecule has 2 aliphatic heterocycles. The number of nitrogens with zero attached hydrogens (tertiary/aromatic N) is 2. The van der Waals surface area contributed by atoms with E-state index in [-0.39, 0.29) is 11.8 Å². The van der Waals surface area contributed by atoms with Crippen molar-refractivity contribution >= 4 is 51.4 Å². The highest BCUT2D eigenvalue weighted by Gasteiger charge is 2.41. The molecule has 1 aromatic carbocycles. The number of benzene rings is 1. The normalized spacial score (nSPS) is 20.6. The maximum atomic E-state index is 12.9. The van der Waals surface area contributed by atoms with Crippen LogP contribution in [0.4, 0.5) is 5.69 Å². The summed E-state index contributed by atoms with van der Waals surface area (Å²) in [4.78, 5) is 29.5. The Hall–Kier alpha value is -1.66. The number of anilines is 1. The molecular formula is C18H20N2O2S2. The van der Waals surface area contributed by atoms with Gasteiger partial charge in [0.15, 0.2) is 0 Å². The molecule has 2 amide bonds. The quantitative estimate of drug-likeness (QED) is 0.607. The van der Waals surface area contributed by atoms with E-state index in [1.54, 1.807) is 9.80 Å². The molecule has 0 unspecified atom stereocenters. The SMILES string of the molecule is CCN1C(=O)C(=C2SC(=S)N(CCC(C)C)C2=O)c2ccccc21. The molecule has 0 N–H and O–H groups in total. The van der Waals surface area contributed by atoms with Crippen molar-refractivity contribution in [2.75, 3.05) is 18.0 Å². The number of amides is 2. The molecule has 2 heterocycles. The van der Waals surface area contributed by atoms with Gasteiger partial charge in [0.25, 0.3) is 11.8 Å². The predicted octanol–water partition coefficient (Wildman–Crippen LogP) is 3.67. The minimum atomic E-state index is -0.137. The van der Waals surface area contributed by atoms with Gasteiger partial charge in [0, 0.05) is 18.7 Å². The van der Waals surface area contributed by atoms with Crippen LogP contribution in [0.1, 0.15) is 32.8 Å². The fraction of sp³-hybridized carbons (Fsp3) is 0.389. The topological polar surface area (TPSA) is 40.6 Å². The van der Waals surface area contributed by atoms with E-state index >= 15 is 0 Å². The highest BCUT2D eigenvalue weighted by molar-refractivity contribution is 8.26. The Bertz CT molecular complexity index is 755. The fourth-order valence-corrected chi connectivity index (χ4v) is 4.32. The predicted molar refractivity (Wildman–Crippen MR) is 103 cm³/mol. The average molecular weight is 361 g/mol. The van der Waals surface area contributed by atoms with Gasteiger partial charge >= 0.3 is 0 Å². The second-order valence-corrected chi connectivity index (χ2v) is 7.92. The molecule has 126 valence electrons. The van der Waals surface area contributed by atoms with Crippen molar-refractivity contribution in [3.8, 4) is 0 Å². The van der Waals surface area contributed by atoms with Crippen LogP contribution < -0.4 is 4.90 Å². The molecule has 0 aromatic heterocycles.